The fourth-order valence-electron chi connectivity index (χ4n) is 3.63. The first-order chi connectivity index (χ1) is 18.0. The maximum atomic E-state index is 14.5. The van der Waals surface area contributed by atoms with E-state index in [1.54, 1.807) is 53.7 Å². The van der Waals surface area contributed by atoms with Gasteiger partial charge in [-0.1, -0.05) is 0 Å². The van der Waals surface area contributed by atoms with Gasteiger partial charge in [-0.25, -0.2) is 28.1 Å². The molecule has 1 aromatic heterocycles. The average Bonchev–Trinajstić information content (AvgIpc) is 2.77. The molecule has 39 heavy (non-hydrogen) atoms. The molecule has 0 aliphatic heterocycles. The molecule has 1 atom stereocenters. The van der Waals surface area contributed by atoms with Crippen LogP contribution in [0, 0.1) is 18.6 Å². The zero-order valence-corrected chi connectivity index (χ0v) is 22.8. The number of anilines is 2. The summed E-state index contributed by atoms with van der Waals surface area (Å²) in [6.45, 7) is 11.3. The van der Waals surface area contributed by atoms with Gasteiger partial charge >= 0.3 is 18.2 Å². The predicted molar refractivity (Wildman–Crippen MR) is 142 cm³/mol. The van der Waals surface area contributed by atoms with Crippen molar-refractivity contribution >= 4 is 40.4 Å². The van der Waals surface area contributed by atoms with Crippen molar-refractivity contribution in [3.63, 3.8) is 0 Å². The lowest BCUT2D eigenvalue weighted by Gasteiger charge is -2.28. The van der Waals surface area contributed by atoms with Crippen LogP contribution in [0.3, 0.4) is 0 Å². The molecule has 2 aromatic carbocycles. The van der Waals surface area contributed by atoms with E-state index in [1.165, 1.54) is 25.3 Å². The third kappa shape index (κ3) is 7.18. The molecule has 1 unspecified atom stereocenters. The SMILES string of the molecule is Cc1cc(C(Nc2ccc3c(N(C(=O)OC(C)(C)C)C(=O)OC(C)(C)C)nccc3c2)C(=O)O)c(F)cc1F. The van der Waals surface area contributed by atoms with Crippen molar-refractivity contribution in [2.75, 3.05) is 10.2 Å². The Morgan fingerprint density at radius 2 is 1.51 bits per heavy atom. The van der Waals surface area contributed by atoms with Gasteiger partial charge < -0.3 is 19.9 Å². The number of amides is 2. The van der Waals surface area contributed by atoms with Crippen molar-refractivity contribution in [2.24, 2.45) is 0 Å². The van der Waals surface area contributed by atoms with E-state index < -0.39 is 47.0 Å². The summed E-state index contributed by atoms with van der Waals surface area (Å²) < 4.78 is 39.1. The Balaban J connectivity index is 2.06. The number of benzene rings is 2. The van der Waals surface area contributed by atoms with Crippen LogP contribution in [0.5, 0.6) is 0 Å². The van der Waals surface area contributed by atoms with Crippen molar-refractivity contribution in [3.8, 4) is 0 Å². The number of imide groups is 1. The van der Waals surface area contributed by atoms with Crippen LogP contribution in [0.1, 0.15) is 58.7 Å². The highest BCUT2D eigenvalue weighted by atomic mass is 19.1. The number of nitrogens with zero attached hydrogens (tertiary/aromatic N) is 2. The number of carbonyl (C=O) groups excluding carboxylic acids is 2. The van der Waals surface area contributed by atoms with Crippen LogP contribution in [-0.2, 0) is 14.3 Å². The Bertz CT molecular complexity index is 1400. The molecular weight excluding hydrogens is 512 g/mol. The number of carbonyl (C=O) groups is 3. The number of aliphatic carboxylic acids is 1. The second-order valence-electron chi connectivity index (χ2n) is 10.9. The molecule has 0 radical (unpaired) electrons. The molecular formula is C28H31F2N3O6. The van der Waals surface area contributed by atoms with Crippen LogP contribution in [0.4, 0.5) is 29.9 Å². The predicted octanol–water partition coefficient (Wildman–Crippen LogP) is 6.74. The maximum absolute atomic E-state index is 14.5. The van der Waals surface area contributed by atoms with Crippen LogP contribution in [-0.4, -0.2) is 39.4 Å². The highest BCUT2D eigenvalue weighted by Crippen LogP contribution is 2.31. The lowest BCUT2D eigenvalue weighted by Crippen LogP contribution is -2.44. The number of nitrogens with one attached hydrogen (secondary N) is 1. The molecule has 3 rings (SSSR count). The molecule has 9 nitrogen and oxygen atoms in total. The Morgan fingerprint density at radius 3 is 2.05 bits per heavy atom. The number of carboxylic acids is 1. The lowest BCUT2D eigenvalue weighted by molar-refractivity contribution is -0.138. The molecule has 2 amide bonds. The number of hydrogen-bond acceptors (Lipinski definition) is 7. The second kappa shape index (κ2) is 10.8. The van der Waals surface area contributed by atoms with Gasteiger partial charge in [0.2, 0.25) is 0 Å². The van der Waals surface area contributed by atoms with E-state index in [4.69, 9.17) is 9.47 Å². The van der Waals surface area contributed by atoms with Gasteiger partial charge in [-0.2, -0.15) is 4.90 Å². The Kier molecular flexibility index (Phi) is 8.13. The van der Waals surface area contributed by atoms with E-state index in [1.807, 2.05) is 0 Å². The third-order valence-corrected chi connectivity index (χ3v) is 5.25. The Morgan fingerprint density at radius 1 is 0.923 bits per heavy atom. The average molecular weight is 544 g/mol. The lowest BCUT2D eigenvalue weighted by atomic mass is 10.0. The molecule has 0 aliphatic rings. The van der Waals surface area contributed by atoms with Crippen molar-refractivity contribution in [1.29, 1.82) is 0 Å². The van der Waals surface area contributed by atoms with Crippen LogP contribution < -0.4 is 10.2 Å². The molecule has 2 N–H and O–H groups in total. The fourth-order valence-corrected chi connectivity index (χ4v) is 3.63. The van der Waals surface area contributed by atoms with Crippen LogP contribution >= 0.6 is 0 Å². The summed E-state index contributed by atoms with van der Waals surface area (Å²) in [5, 5.41) is 13.4. The maximum Gasteiger partial charge on any atom is 0.425 e. The smallest absolute Gasteiger partial charge is 0.425 e. The van der Waals surface area contributed by atoms with E-state index in [0.29, 0.717) is 21.7 Å². The largest absolute Gasteiger partial charge is 0.479 e. The van der Waals surface area contributed by atoms with E-state index >= 15 is 0 Å². The normalized spacial score (nSPS) is 12.5. The molecule has 3 aromatic rings. The van der Waals surface area contributed by atoms with Gasteiger partial charge in [0.05, 0.1) is 0 Å². The van der Waals surface area contributed by atoms with Gasteiger partial charge in [0, 0.05) is 28.9 Å². The van der Waals surface area contributed by atoms with Crippen molar-refractivity contribution in [3.05, 3.63) is 65.4 Å². The van der Waals surface area contributed by atoms with Gasteiger partial charge in [-0.3, -0.25) is 0 Å². The third-order valence-electron chi connectivity index (χ3n) is 5.25. The Labute approximate surface area is 224 Å². The van der Waals surface area contributed by atoms with E-state index in [2.05, 4.69) is 10.3 Å². The summed E-state index contributed by atoms with van der Waals surface area (Å²) in [6.07, 6.45) is -0.625. The van der Waals surface area contributed by atoms with E-state index in [9.17, 15) is 28.3 Å². The van der Waals surface area contributed by atoms with Gasteiger partial charge in [-0.05, 0) is 89.7 Å². The molecule has 1 heterocycles. The van der Waals surface area contributed by atoms with Gasteiger partial charge in [0.1, 0.15) is 22.8 Å². The summed E-state index contributed by atoms with van der Waals surface area (Å²) in [4.78, 5) is 43.1. The minimum Gasteiger partial charge on any atom is -0.479 e. The monoisotopic (exact) mass is 543 g/mol. The molecule has 0 saturated heterocycles. The number of fused-ring (bicyclic) bond motifs is 1. The summed E-state index contributed by atoms with van der Waals surface area (Å²) in [6, 6.07) is 6.40. The molecule has 0 bridgehead atoms. The zero-order chi connectivity index (χ0) is 29.3. The molecule has 0 spiro atoms. The van der Waals surface area contributed by atoms with Crippen LogP contribution in [0.15, 0.2) is 42.6 Å². The van der Waals surface area contributed by atoms with Gasteiger partial charge in [0.25, 0.3) is 0 Å². The number of rotatable bonds is 5. The first kappa shape index (κ1) is 29.3. The zero-order valence-electron chi connectivity index (χ0n) is 22.8. The molecule has 11 heteroatoms. The van der Waals surface area contributed by atoms with E-state index in [0.717, 1.165) is 6.07 Å². The number of pyridine rings is 1. The fraction of sp³-hybridized carbons (Fsp3) is 0.357. The number of hydrogen-bond donors (Lipinski definition) is 2. The minimum atomic E-state index is -1.52. The highest BCUT2D eigenvalue weighted by Gasteiger charge is 2.34. The molecule has 0 saturated carbocycles. The molecule has 0 aliphatic carbocycles. The van der Waals surface area contributed by atoms with Crippen molar-refractivity contribution < 1.29 is 37.7 Å². The number of aryl methyl sites for hydroxylation is 1. The first-order valence-corrected chi connectivity index (χ1v) is 12.1. The minimum absolute atomic E-state index is 0.0578. The molecule has 208 valence electrons. The van der Waals surface area contributed by atoms with E-state index in [-0.39, 0.29) is 22.6 Å². The van der Waals surface area contributed by atoms with Gasteiger partial charge in [0.15, 0.2) is 11.9 Å². The summed E-state index contributed by atoms with van der Waals surface area (Å²) in [5.41, 5.74) is -1.69. The number of halogens is 2. The Hall–Kier alpha value is -4.28. The standard InChI is InChI=1S/C28H31F2N3O6/c1-15-12-19(21(30)14-20(15)29)22(24(34)35)32-17-8-9-18-16(13-17)10-11-31-23(18)33(25(36)38-27(2,3)4)26(37)39-28(5,6)7/h8-14,22,32H,1-7H3,(H,34,35). The van der Waals surface area contributed by atoms with Crippen LogP contribution in [0.25, 0.3) is 10.8 Å². The molecule has 0 fully saturated rings. The second-order valence-corrected chi connectivity index (χ2v) is 10.9. The van der Waals surface area contributed by atoms with Gasteiger partial charge in [-0.15, -0.1) is 0 Å². The first-order valence-electron chi connectivity index (χ1n) is 12.1. The number of ether oxygens (including phenoxy) is 2. The number of carboxylic acid groups (broad SMARTS) is 1. The quantitative estimate of drug-likeness (QED) is 0.363. The van der Waals surface area contributed by atoms with Crippen molar-refractivity contribution in [1.82, 2.24) is 4.98 Å². The van der Waals surface area contributed by atoms with Crippen molar-refractivity contribution in [2.45, 2.75) is 65.7 Å². The topological polar surface area (TPSA) is 118 Å². The van der Waals surface area contributed by atoms with Crippen LogP contribution in [0.2, 0.25) is 0 Å². The number of aromatic nitrogens is 1. The summed E-state index contributed by atoms with van der Waals surface area (Å²) in [5.74, 6) is -3.23. The highest BCUT2D eigenvalue weighted by molar-refractivity contribution is 6.14. The summed E-state index contributed by atoms with van der Waals surface area (Å²) in [7, 11) is 0. The summed E-state index contributed by atoms with van der Waals surface area (Å²) >= 11 is 0.